The summed E-state index contributed by atoms with van der Waals surface area (Å²) in [5.74, 6) is 0.599. The number of fused-ring (bicyclic) bond motifs is 1. The summed E-state index contributed by atoms with van der Waals surface area (Å²) in [5.41, 5.74) is 2.64. The number of nitrogens with one attached hydrogen (secondary N) is 1. The van der Waals surface area contributed by atoms with Crippen molar-refractivity contribution in [2.24, 2.45) is 0 Å². The van der Waals surface area contributed by atoms with Crippen LogP contribution >= 0.6 is 0 Å². The number of hydrogen-bond donors (Lipinski definition) is 1. The molecule has 0 saturated carbocycles. The van der Waals surface area contributed by atoms with Gasteiger partial charge in [0.05, 0.1) is 0 Å². The molecule has 1 aliphatic heterocycles. The number of hydrogen-bond acceptors (Lipinski definition) is 4. The molecule has 0 fully saturated rings. The molecule has 1 N–H and O–H groups in total. The van der Waals surface area contributed by atoms with Gasteiger partial charge in [-0.25, -0.2) is 4.39 Å². The third-order valence-corrected chi connectivity index (χ3v) is 5.85. The molecule has 4 rings (SSSR count). The zero-order chi connectivity index (χ0) is 23.9. The van der Waals surface area contributed by atoms with Crippen LogP contribution in [0.15, 0.2) is 72.8 Å². The number of amides is 2. The van der Waals surface area contributed by atoms with E-state index in [9.17, 15) is 14.0 Å². The van der Waals surface area contributed by atoms with Crippen LogP contribution in [-0.4, -0.2) is 36.6 Å². The number of carbonyl (C=O) groups excluding carboxylic acids is 2. The van der Waals surface area contributed by atoms with E-state index in [-0.39, 0.29) is 37.4 Å². The van der Waals surface area contributed by atoms with Crippen LogP contribution in [0.2, 0.25) is 0 Å². The van der Waals surface area contributed by atoms with Gasteiger partial charge in [-0.15, -0.1) is 0 Å². The number of aryl methyl sites for hydroxylation is 1. The van der Waals surface area contributed by atoms with Crippen LogP contribution in [0.1, 0.15) is 23.1 Å². The average Bonchev–Trinajstić information content (AvgIpc) is 3.34. The van der Waals surface area contributed by atoms with E-state index in [0.29, 0.717) is 24.3 Å². The summed E-state index contributed by atoms with van der Waals surface area (Å²) in [6, 6.07) is 20.5. The lowest BCUT2D eigenvalue weighted by atomic mass is 10.0. The molecule has 176 valence electrons. The van der Waals surface area contributed by atoms with E-state index >= 15 is 0 Å². The Morgan fingerprint density at radius 1 is 0.941 bits per heavy atom. The van der Waals surface area contributed by atoms with E-state index in [2.05, 4.69) is 5.32 Å². The molecule has 0 aliphatic carbocycles. The monoisotopic (exact) mass is 462 g/mol. The number of nitrogens with zero attached hydrogens (tertiary/aromatic N) is 1. The van der Waals surface area contributed by atoms with Gasteiger partial charge in [0.25, 0.3) is 0 Å². The van der Waals surface area contributed by atoms with Crippen LogP contribution in [0.25, 0.3) is 0 Å². The topological polar surface area (TPSA) is 67.9 Å². The predicted octanol–water partition coefficient (Wildman–Crippen LogP) is 3.87. The van der Waals surface area contributed by atoms with Gasteiger partial charge in [0.1, 0.15) is 11.9 Å². The second-order valence-electron chi connectivity index (χ2n) is 8.16. The van der Waals surface area contributed by atoms with Gasteiger partial charge in [-0.3, -0.25) is 9.59 Å². The Hall–Kier alpha value is -3.87. The molecule has 3 aromatic carbocycles. The van der Waals surface area contributed by atoms with Gasteiger partial charge in [-0.1, -0.05) is 48.5 Å². The van der Waals surface area contributed by atoms with Gasteiger partial charge in [0, 0.05) is 26.4 Å². The lowest BCUT2D eigenvalue weighted by molar-refractivity contribution is -0.141. The van der Waals surface area contributed by atoms with Crippen molar-refractivity contribution in [3.63, 3.8) is 0 Å². The fourth-order valence-corrected chi connectivity index (χ4v) is 4.00. The Bertz CT molecular complexity index is 1140. The van der Waals surface area contributed by atoms with Gasteiger partial charge in [-0.05, 0) is 47.4 Å². The maximum Gasteiger partial charge on any atom is 0.242 e. The van der Waals surface area contributed by atoms with Crippen molar-refractivity contribution < 1.29 is 23.5 Å². The zero-order valence-corrected chi connectivity index (χ0v) is 19.0. The number of ether oxygens (including phenoxy) is 2. The molecule has 0 spiro atoms. The minimum absolute atomic E-state index is 0.161. The number of halogens is 1. The van der Waals surface area contributed by atoms with Crippen molar-refractivity contribution in [3.8, 4) is 11.5 Å². The summed E-state index contributed by atoms with van der Waals surface area (Å²) < 4.78 is 24.2. The Morgan fingerprint density at radius 2 is 1.65 bits per heavy atom. The lowest BCUT2D eigenvalue weighted by Gasteiger charge is -2.31. The van der Waals surface area contributed by atoms with Crippen LogP contribution in [-0.2, 0) is 29.0 Å². The van der Waals surface area contributed by atoms with Crippen molar-refractivity contribution in [3.05, 3.63) is 95.3 Å². The first-order valence-corrected chi connectivity index (χ1v) is 11.2. The smallest absolute Gasteiger partial charge is 0.242 e. The maximum atomic E-state index is 13.5. The first-order chi connectivity index (χ1) is 16.5. The molecule has 3 aromatic rings. The van der Waals surface area contributed by atoms with Crippen molar-refractivity contribution in [2.45, 2.75) is 31.8 Å². The van der Waals surface area contributed by atoms with Crippen LogP contribution in [0, 0.1) is 5.82 Å². The van der Waals surface area contributed by atoms with Gasteiger partial charge in [0.2, 0.25) is 18.6 Å². The molecule has 0 saturated heterocycles. The third kappa shape index (κ3) is 5.73. The van der Waals surface area contributed by atoms with Gasteiger partial charge in [0.15, 0.2) is 11.5 Å². The maximum absolute atomic E-state index is 13.5. The van der Waals surface area contributed by atoms with Crippen molar-refractivity contribution in [1.82, 2.24) is 10.2 Å². The summed E-state index contributed by atoms with van der Waals surface area (Å²) in [5, 5.41) is 2.69. The first-order valence-electron chi connectivity index (χ1n) is 11.2. The molecule has 0 aromatic heterocycles. The molecule has 6 nitrogen and oxygen atoms in total. The second kappa shape index (κ2) is 10.8. The van der Waals surface area contributed by atoms with Crippen LogP contribution in [0.4, 0.5) is 4.39 Å². The fourth-order valence-electron chi connectivity index (χ4n) is 4.00. The molecule has 1 heterocycles. The second-order valence-corrected chi connectivity index (χ2v) is 8.16. The Morgan fingerprint density at radius 3 is 2.38 bits per heavy atom. The highest BCUT2D eigenvalue weighted by Crippen LogP contribution is 2.32. The Balaban J connectivity index is 1.56. The predicted molar refractivity (Wildman–Crippen MR) is 126 cm³/mol. The minimum Gasteiger partial charge on any atom is -0.454 e. The van der Waals surface area contributed by atoms with Crippen molar-refractivity contribution >= 4 is 11.8 Å². The quantitative estimate of drug-likeness (QED) is 0.524. The molecule has 2 amide bonds. The van der Waals surface area contributed by atoms with E-state index in [1.807, 2.05) is 48.5 Å². The standard InChI is InChI=1S/C27H27FN2O4/c1-29-27(32)23(15-19-5-3-2-4-6-19)30(17-21-7-11-22(28)12-8-21)26(31)14-10-20-9-13-24-25(16-20)34-18-33-24/h2-9,11-13,16,23H,10,14-15,17-18H2,1H3,(H,29,32)/t23-/m0/s1. The number of benzene rings is 3. The SMILES string of the molecule is CNC(=O)[C@H](Cc1ccccc1)N(Cc1ccc(F)cc1)C(=O)CCc1ccc2c(c1)OCO2. The minimum atomic E-state index is -0.707. The van der Waals surface area contributed by atoms with Gasteiger partial charge >= 0.3 is 0 Å². The number of likely N-dealkylation sites (N-methyl/N-ethyl adjacent to an activating group) is 1. The highest BCUT2D eigenvalue weighted by Gasteiger charge is 2.29. The highest BCUT2D eigenvalue weighted by molar-refractivity contribution is 5.88. The summed E-state index contributed by atoms with van der Waals surface area (Å²) in [4.78, 5) is 28.0. The summed E-state index contributed by atoms with van der Waals surface area (Å²) in [7, 11) is 1.56. The Kier molecular flexibility index (Phi) is 7.42. The first kappa shape index (κ1) is 23.3. The average molecular weight is 463 g/mol. The lowest BCUT2D eigenvalue weighted by Crippen LogP contribution is -2.49. The molecule has 1 aliphatic rings. The molecule has 0 radical (unpaired) electrons. The third-order valence-electron chi connectivity index (χ3n) is 5.85. The molecule has 0 unspecified atom stereocenters. The van der Waals surface area contributed by atoms with Crippen LogP contribution in [0.5, 0.6) is 11.5 Å². The van der Waals surface area contributed by atoms with E-state index in [0.717, 1.165) is 16.7 Å². The molecule has 7 heteroatoms. The zero-order valence-electron chi connectivity index (χ0n) is 19.0. The number of rotatable bonds is 9. The largest absolute Gasteiger partial charge is 0.454 e. The van der Waals surface area contributed by atoms with Crippen LogP contribution < -0.4 is 14.8 Å². The molecular formula is C27H27FN2O4. The molecular weight excluding hydrogens is 435 g/mol. The summed E-state index contributed by atoms with van der Waals surface area (Å²) >= 11 is 0. The Labute approximate surface area is 198 Å². The van der Waals surface area contributed by atoms with Crippen molar-refractivity contribution in [1.29, 1.82) is 0 Å². The van der Waals surface area contributed by atoms with Gasteiger partial charge < -0.3 is 19.7 Å². The van der Waals surface area contributed by atoms with E-state index in [1.54, 1.807) is 24.1 Å². The summed E-state index contributed by atoms with van der Waals surface area (Å²) in [6.07, 6.45) is 1.07. The van der Waals surface area contributed by atoms with Gasteiger partial charge in [-0.2, -0.15) is 0 Å². The van der Waals surface area contributed by atoms with E-state index in [4.69, 9.17) is 9.47 Å². The normalized spacial score (nSPS) is 12.8. The van der Waals surface area contributed by atoms with E-state index < -0.39 is 6.04 Å². The molecule has 34 heavy (non-hydrogen) atoms. The number of carbonyl (C=O) groups is 2. The fraction of sp³-hybridized carbons (Fsp3) is 0.259. The summed E-state index contributed by atoms with van der Waals surface area (Å²) in [6.45, 7) is 0.391. The highest BCUT2D eigenvalue weighted by atomic mass is 19.1. The van der Waals surface area contributed by atoms with E-state index in [1.165, 1.54) is 12.1 Å². The molecule has 1 atom stereocenters. The van der Waals surface area contributed by atoms with Crippen molar-refractivity contribution in [2.75, 3.05) is 13.8 Å². The van der Waals surface area contributed by atoms with Crippen LogP contribution in [0.3, 0.4) is 0 Å². The molecule has 0 bridgehead atoms.